The van der Waals surface area contributed by atoms with Gasteiger partial charge in [0.1, 0.15) is 12.7 Å². The van der Waals surface area contributed by atoms with Gasteiger partial charge in [-0.15, -0.1) is 0 Å². The molecule has 0 saturated heterocycles. The Morgan fingerprint density at radius 1 is 1.18 bits per heavy atom. The quantitative estimate of drug-likeness (QED) is 0.762. The van der Waals surface area contributed by atoms with Crippen molar-refractivity contribution in [3.63, 3.8) is 0 Å². The van der Waals surface area contributed by atoms with Gasteiger partial charge < -0.3 is 9.47 Å². The van der Waals surface area contributed by atoms with Gasteiger partial charge >= 0.3 is 0 Å². The van der Waals surface area contributed by atoms with E-state index in [1.807, 2.05) is 38.1 Å². The number of hydrogen-bond acceptors (Lipinski definition) is 2. The number of rotatable bonds is 2. The molecule has 0 N–H and O–H groups in total. The highest BCUT2D eigenvalue weighted by Crippen LogP contribution is 2.37. The first-order valence-electron chi connectivity index (χ1n) is 6.52. The van der Waals surface area contributed by atoms with Crippen molar-refractivity contribution in [3.8, 4) is 11.5 Å². The molecule has 0 aromatic heterocycles. The normalized spacial score (nSPS) is 18.1. The van der Waals surface area contributed by atoms with E-state index >= 15 is 0 Å². The molecule has 1 aliphatic heterocycles. The molecule has 17 heavy (non-hydrogen) atoms. The molecular weight excluding hydrogens is 212 g/mol. The summed E-state index contributed by atoms with van der Waals surface area (Å²) in [6, 6.07) is 7.86. The van der Waals surface area contributed by atoms with Gasteiger partial charge in [0.25, 0.3) is 0 Å². The van der Waals surface area contributed by atoms with Gasteiger partial charge in [0.15, 0.2) is 11.5 Å². The van der Waals surface area contributed by atoms with Crippen molar-refractivity contribution in [2.75, 3.05) is 6.61 Å². The lowest BCUT2D eigenvalue weighted by atomic mass is 9.84. The maximum atomic E-state index is 5.96. The van der Waals surface area contributed by atoms with Gasteiger partial charge in [-0.2, -0.15) is 0 Å². The van der Waals surface area contributed by atoms with Crippen LogP contribution in [-0.4, -0.2) is 12.7 Å². The Morgan fingerprint density at radius 3 is 2.35 bits per heavy atom. The van der Waals surface area contributed by atoms with E-state index in [1.165, 1.54) is 0 Å². The van der Waals surface area contributed by atoms with Crippen molar-refractivity contribution < 1.29 is 9.47 Å². The molecule has 2 rings (SSSR count). The summed E-state index contributed by atoms with van der Waals surface area (Å²) in [5.41, 5.74) is 0.160. The van der Waals surface area contributed by atoms with Crippen LogP contribution in [0.4, 0.5) is 0 Å². The Balaban J connectivity index is 0.000000686. The predicted molar refractivity (Wildman–Crippen MR) is 71.8 cm³/mol. The van der Waals surface area contributed by atoms with Crippen LogP contribution in [0.5, 0.6) is 11.5 Å². The van der Waals surface area contributed by atoms with Crippen LogP contribution in [0.3, 0.4) is 0 Å². The van der Waals surface area contributed by atoms with Gasteiger partial charge in [-0.1, -0.05) is 46.8 Å². The van der Waals surface area contributed by atoms with E-state index in [9.17, 15) is 0 Å². The number of ether oxygens (including phenoxy) is 2. The molecule has 2 heteroatoms. The topological polar surface area (TPSA) is 18.5 Å². The number of hydrogen-bond donors (Lipinski definition) is 0. The van der Waals surface area contributed by atoms with Crippen molar-refractivity contribution in [2.24, 2.45) is 5.41 Å². The highest BCUT2D eigenvalue weighted by atomic mass is 16.6. The summed E-state index contributed by atoms with van der Waals surface area (Å²) in [6.07, 6.45) is 1.24. The molecule has 1 aromatic rings. The van der Waals surface area contributed by atoms with Gasteiger partial charge in [0, 0.05) is 5.41 Å². The molecule has 1 heterocycles. The molecule has 1 aliphatic rings. The van der Waals surface area contributed by atoms with E-state index in [2.05, 4.69) is 20.8 Å². The lowest BCUT2D eigenvalue weighted by molar-refractivity contribution is 0.00539. The third-order valence-electron chi connectivity index (χ3n) is 3.29. The summed E-state index contributed by atoms with van der Waals surface area (Å²) in [7, 11) is 0. The number of fused-ring (bicyclic) bond motifs is 1. The van der Waals surface area contributed by atoms with Gasteiger partial charge in [-0.05, 0) is 18.6 Å². The molecule has 96 valence electrons. The molecule has 0 aliphatic carbocycles. The fraction of sp³-hybridized carbons (Fsp3) is 0.600. The zero-order valence-electron chi connectivity index (χ0n) is 11.6. The largest absolute Gasteiger partial charge is 0.486 e. The van der Waals surface area contributed by atoms with E-state index in [4.69, 9.17) is 9.47 Å². The van der Waals surface area contributed by atoms with Crippen LogP contribution < -0.4 is 9.47 Å². The van der Waals surface area contributed by atoms with Crippen LogP contribution in [0.15, 0.2) is 24.3 Å². The Labute approximate surface area is 105 Å². The van der Waals surface area contributed by atoms with Crippen LogP contribution >= 0.6 is 0 Å². The lowest BCUT2D eigenvalue weighted by Gasteiger charge is -2.36. The zero-order valence-corrected chi connectivity index (χ0v) is 11.6. The molecule has 0 radical (unpaired) electrons. The molecule has 1 unspecified atom stereocenters. The van der Waals surface area contributed by atoms with Crippen LogP contribution in [-0.2, 0) is 0 Å². The maximum absolute atomic E-state index is 5.96. The second-order valence-electron chi connectivity index (χ2n) is 4.71. The lowest BCUT2D eigenvalue weighted by Crippen LogP contribution is -2.41. The number of benzene rings is 1. The molecule has 0 saturated carbocycles. The van der Waals surface area contributed by atoms with Crippen LogP contribution in [0, 0.1) is 5.41 Å². The van der Waals surface area contributed by atoms with Gasteiger partial charge in [0.05, 0.1) is 0 Å². The standard InChI is InChI=1S/C13H18O2.C2H6/c1-4-13(2,3)12-9-14-10-7-5-6-8-11(10)15-12;1-2/h5-8,12H,4,9H2,1-3H3;1-2H3. The summed E-state index contributed by atoms with van der Waals surface area (Å²) >= 11 is 0. The minimum absolute atomic E-state index is 0.150. The van der Waals surface area contributed by atoms with Crippen molar-refractivity contribution in [3.05, 3.63) is 24.3 Å². The third kappa shape index (κ3) is 3.15. The summed E-state index contributed by atoms with van der Waals surface area (Å²) in [5.74, 6) is 1.73. The second-order valence-corrected chi connectivity index (χ2v) is 4.71. The minimum Gasteiger partial charge on any atom is -0.486 e. The fourth-order valence-electron chi connectivity index (χ4n) is 1.63. The Hall–Kier alpha value is -1.18. The third-order valence-corrected chi connectivity index (χ3v) is 3.29. The number of para-hydroxylation sites is 2. The first-order valence-corrected chi connectivity index (χ1v) is 6.52. The summed E-state index contributed by atoms with van der Waals surface area (Å²) < 4.78 is 11.7. The van der Waals surface area contributed by atoms with Crippen LogP contribution in [0.1, 0.15) is 41.0 Å². The van der Waals surface area contributed by atoms with E-state index in [-0.39, 0.29) is 11.5 Å². The zero-order chi connectivity index (χ0) is 12.9. The van der Waals surface area contributed by atoms with Gasteiger partial charge in [0.2, 0.25) is 0 Å². The molecule has 0 bridgehead atoms. The monoisotopic (exact) mass is 236 g/mol. The van der Waals surface area contributed by atoms with E-state index < -0.39 is 0 Å². The summed E-state index contributed by atoms with van der Waals surface area (Å²) in [6.45, 7) is 11.3. The second kappa shape index (κ2) is 5.95. The molecule has 2 nitrogen and oxygen atoms in total. The molecule has 0 fully saturated rings. The SMILES string of the molecule is CC.CCC(C)(C)C1COc2ccccc2O1. The molecule has 1 aromatic carbocycles. The smallest absolute Gasteiger partial charge is 0.161 e. The average Bonchev–Trinajstić information content (AvgIpc) is 2.40. The average molecular weight is 236 g/mol. The van der Waals surface area contributed by atoms with Gasteiger partial charge in [-0.3, -0.25) is 0 Å². The summed E-state index contributed by atoms with van der Waals surface area (Å²) in [5, 5.41) is 0. The van der Waals surface area contributed by atoms with E-state index in [1.54, 1.807) is 0 Å². The van der Waals surface area contributed by atoms with Crippen LogP contribution in [0.2, 0.25) is 0 Å². The molecule has 1 atom stereocenters. The fourth-order valence-corrected chi connectivity index (χ4v) is 1.63. The first kappa shape index (κ1) is 13.9. The molecule has 0 spiro atoms. The van der Waals surface area contributed by atoms with Crippen LogP contribution in [0.25, 0.3) is 0 Å². The Kier molecular flexibility index (Phi) is 4.86. The van der Waals surface area contributed by atoms with E-state index in [0.717, 1.165) is 17.9 Å². The molecular formula is C15H24O2. The van der Waals surface area contributed by atoms with Crippen molar-refractivity contribution >= 4 is 0 Å². The van der Waals surface area contributed by atoms with Crippen molar-refractivity contribution in [2.45, 2.75) is 47.1 Å². The Morgan fingerprint density at radius 2 is 1.76 bits per heavy atom. The minimum atomic E-state index is 0.150. The van der Waals surface area contributed by atoms with Gasteiger partial charge in [-0.25, -0.2) is 0 Å². The highest BCUT2D eigenvalue weighted by Gasteiger charge is 2.33. The maximum Gasteiger partial charge on any atom is 0.161 e. The first-order chi connectivity index (χ1) is 8.13. The van der Waals surface area contributed by atoms with Crippen molar-refractivity contribution in [1.82, 2.24) is 0 Å². The Bertz CT molecular complexity index is 345. The van der Waals surface area contributed by atoms with Crippen molar-refractivity contribution in [1.29, 1.82) is 0 Å². The van der Waals surface area contributed by atoms with E-state index in [0.29, 0.717) is 6.61 Å². The highest BCUT2D eigenvalue weighted by molar-refractivity contribution is 5.40. The molecule has 0 amide bonds. The summed E-state index contributed by atoms with van der Waals surface area (Å²) in [4.78, 5) is 0. The predicted octanol–water partition coefficient (Wildman–Crippen LogP) is 4.29.